The maximum absolute atomic E-state index is 10.4. The van der Waals surface area contributed by atoms with E-state index in [0.29, 0.717) is 11.6 Å². The van der Waals surface area contributed by atoms with Crippen LogP contribution in [-0.2, 0) is 4.79 Å². The van der Waals surface area contributed by atoms with E-state index in [4.69, 9.17) is 0 Å². The highest BCUT2D eigenvalue weighted by Crippen LogP contribution is 2.24. The van der Waals surface area contributed by atoms with Crippen molar-refractivity contribution in [2.45, 2.75) is 13.1 Å². The molecule has 2 N–H and O–H groups in total. The van der Waals surface area contributed by atoms with Gasteiger partial charge in [0.15, 0.2) is 18.3 Å². The molecule has 1 aromatic heterocycles. The summed E-state index contributed by atoms with van der Waals surface area (Å²) in [6.45, 7) is 1.80. The van der Waals surface area contributed by atoms with Crippen molar-refractivity contribution in [3.8, 4) is 0 Å². The van der Waals surface area contributed by atoms with E-state index >= 15 is 0 Å². The molecule has 0 bridgehead atoms. The lowest BCUT2D eigenvalue weighted by Crippen LogP contribution is -2.23. The Kier molecular flexibility index (Phi) is 1.43. The van der Waals surface area contributed by atoms with Crippen LogP contribution in [0.5, 0.6) is 0 Å². The fourth-order valence-electron chi connectivity index (χ4n) is 1.10. The Morgan fingerprint density at radius 3 is 3.17 bits per heavy atom. The molecule has 0 aliphatic carbocycles. The highest BCUT2D eigenvalue weighted by Gasteiger charge is 2.19. The highest BCUT2D eigenvalue weighted by atomic mass is 16.1. The fourth-order valence-corrected chi connectivity index (χ4v) is 1.10. The lowest BCUT2D eigenvalue weighted by molar-refractivity contribution is -0.107. The number of carbonyl (C=O) groups is 1. The summed E-state index contributed by atoms with van der Waals surface area (Å²) in [5.74, 6) is 1.38. The SMILES string of the molecule is Cc1ncc2c(n1)NC(C=O)N2. The van der Waals surface area contributed by atoms with Crippen molar-refractivity contribution in [1.29, 1.82) is 0 Å². The van der Waals surface area contributed by atoms with Crippen LogP contribution >= 0.6 is 0 Å². The number of rotatable bonds is 1. The van der Waals surface area contributed by atoms with Crippen molar-refractivity contribution in [1.82, 2.24) is 9.97 Å². The molecular formula is C7H8N4O. The molecule has 0 fully saturated rings. The minimum atomic E-state index is -0.365. The van der Waals surface area contributed by atoms with Gasteiger partial charge in [0.1, 0.15) is 5.82 Å². The van der Waals surface area contributed by atoms with Gasteiger partial charge in [-0.3, -0.25) is 4.79 Å². The molecule has 0 saturated carbocycles. The molecule has 1 atom stereocenters. The Bertz CT molecular complexity index is 325. The first-order valence-corrected chi connectivity index (χ1v) is 3.61. The zero-order valence-corrected chi connectivity index (χ0v) is 6.53. The average Bonchev–Trinajstić information content (AvgIpc) is 2.46. The Labute approximate surface area is 69.2 Å². The van der Waals surface area contributed by atoms with Crippen molar-refractivity contribution in [3.63, 3.8) is 0 Å². The second kappa shape index (κ2) is 2.44. The van der Waals surface area contributed by atoms with Gasteiger partial charge in [-0.05, 0) is 6.92 Å². The zero-order chi connectivity index (χ0) is 8.55. The van der Waals surface area contributed by atoms with Crippen LogP contribution in [0, 0.1) is 6.92 Å². The van der Waals surface area contributed by atoms with Gasteiger partial charge in [-0.25, -0.2) is 9.97 Å². The van der Waals surface area contributed by atoms with E-state index in [0.717, 1.165) is 12.0 Å². The second-order valence-electron chi connectivity index (χ2n) is 2.58. The van der Waals surface area contributed by atoms with Crippen LogP contribution in [0.2, 0.25) is 0 Å². The van der Waals surface area contributed by atoms with Gasteiger partial charge in [0.2, 0.25) is 0 Å². The summed E-state index contributed by atoms with van der Waals surface area (Å²) >= 11 is 0. The van der Waals surface area contributed by atoms with Crippen LogP contribution in [0.1, 0.15) is 5.82 Å². The number of nitrogens with zero attached hydrogens (tertiary/aromatic N) is 2. The third kappa shape index (κ3) is 0.990. The third-order valence-electron chi connectivity index (χ3n) is 1.65. The van der Waals surface area contributed by atoms with Crippen LogP contribution in [0.25, 0.3) is 0 Å². The molecule has 1 aliphatic rings. The van der Waals surface area contributed by atoms with Crippen molar-refractivity contribution in [3.05, 3.63) is 12.0 Å². The summed E-state index contributed by atoms with van der Waals surface area (Å²) < 4.78 is 0. The van der Waals surface area contributed by atoms with Gasteiger partial charge in [-0.2, -0.15) is 0 Å². The molecule has 5 heteroatoms. The van der Waals surface area contributed by atoms with Crippen LogP contribution in [0.4, 0.5) is 11.5 Å². The number of anilines is 2. The number of hydrogen-bond acceptors (Lipinski definition) is 5. The molecule has 12 heavy (non-hydrogen) atoms. The van der Waals surface area contributed by atoms with Crippen molar-refractivity contribution >= 4 is 17.8 Å². The largest absolute Gasteiger partial charge is 0.355 e. The quantitative estimate of drug-likeness (QED) is 0.578. The summed E-state index contributed by atoms with van der Waals surface area (Å²) in [7, 11) is 0. The number of aromatic nitrogens is 2. The van der Waals surface area contributed by atoms with Crippen molar-refractivity contribution in [2.24, 2.45) is 0 Å². The topological polar surface area (TPSA) is 66.9 Å². The Balaban J connectivity index is 2.35. The molecule has 0 radical (unpaired) electrons. The molecule has 5 nitrogen and oxygen atoms in total. The molecule has 62 valence electrons. The van der Waals surface area contributed by atoms with Gasteiger partial charge in [0, 0.05) is 0 Å². The average molecular weight is 164 g/mol. The molecule has 2 rings (SSSR count). The predicted octanol–water partition coefficient (Wildman–Crippen LogP) is 0.147. The molecule has 0 amide bonds. The van der Waals surface area contributed by atoms with Crippen LogP contribution in [-0.4, -0.2) is 22.4 Å². The number of aldehydes is 1. The van der Waals surface area contributed by atoms with Gasteiger partial charge in [-0.15, -0.1) is 0 Å². The highest BCUT2D eigenvalue weighted by molar-refractivity contribution is 5.79. The summed E-state index contributed by atoms with van der Waals surface area (Å²) in [4.78, 5) is 18.5. The molecule has 1 unspecified atom stereocenters. The van der Waals surface area contributed by atoms with Crippen LogP contribution in [0.15, 0.2) is 6.20 Å². The first-order valence-electron chi connectivity index (χ1n) is 3.61. The van der Waals surface area contributed by atoms with Crippen molar-refractivity contribution < 1.29 is 4.79 Å². The van der Waals surface area contributed by atoms with E-state index in [2.05, 4.69) is 20.6 Å². The van der Waals surface area contributed by atoms with Gasteiger partial charge in [-0.1, -0.05) is 0 Å². The minimum Gasteiger partial charge on any atom is -0.355 e. The summed E-state index contributed by atoms with van der Waals surface area (Å²) in [6.07, 6.45) is 2.08. The first-order chi connectivity index (χ1) is 5.79. The maximum atomic E-state index is 10.4. The van der Waals surface area contributed by atoms with E-state index in [-0.39, 0.29) is 6.17 Å². The molecule has 2 heterocycles. The van der Waals surface area contributed by atoms with E-state index in [9.17, 15) is 4.79 Å². The molecule has 0 aromatic carbocycles. The van der Waals surface area contributed by atoms with E-state index in [1.807, 2.05) is 0 Å². The van der Waals surface area contributed by atoms with Crippen LogP contribution < -0.4 is 10.6 Å². The van der Waals surface area contributed by atoms with Gasteiger partial charge < -0.3 is 10.6 Å². The third-order valence-corrected chi connectivity index (χ3v) is 1.65. The first kappa shape index (κ1) is 7.02. The number of carbonyl (C=O) groups excluding carboxylic acids is 1. The summed E-state index contributed by atoms with van der Waals surface area (Å²) in [5.41, 5.74) is 0.776. The number of fused-ring (bicyclic) bond motifs is 1. The Morgan fingerprint density at radius 2 is 2.42 bits per heavy atom. The molecule has 1 aliphatic heterocycles. The molecular weight excluding hydrogens is 156 g/mol. The van der Waals surface area contributed by atoms with E-state index in [1.165, 1.54) is 0 Å². The number of nitrogens with one attached hydrogen (secondary N) is 2. The minimum absolute atomic E-state index is 0.365. The molecule has 0 spiro atoms. The van der Waals surface area contributed by atoms with E-state index in [1.54, 1.807) is 13.1 Å². The standard InChI is InChI=1S/C7H8N4O/c1-4-8-2-5-7(9-4)11-6(3-12)10-5/h2-3,6,10H,1H3,(H,8,9,11). The van der Waals surface area contributed by atoms with E-state index < -0.39 is 0 Å². The zero-order valence-electron chi connectivity index (χ0n) is 6.53. The van der Waals surface area contributed by atoms with Crippen LogP contribution in [0.3, 0.4) is 0 Å². The van der Waals surface area contributed by atoms with Gasteiger partial charge in [0.25, 0.3) is 0 Å². The normalized spacial score (nSPS) is 19.2. The second-order valence-corrected chi connectivity index (χ2v) is 2.58. The number of aryl methyl sites for hydroxylation is 1. The Hall–Kier alpha value is -1.65. The summed E-state index contributed by atoms with van der Waals surface area (Å²) in [5, 5.41) is 5.80. The van der Waals surface area contributed by atoms with Gasteiger partial charge >= 0.3 is 0 Å². The smallest absolute Gasteiger partial charge is 0.162 e. The molecule has 1 aromatic rings. The summed E-state index contributed by atoms with van der Waals surface area (Å²) in [6, 6.07) is 0. The Morgan fingerprint density at radius 1 is 1.58 bits per heavy atom. The fraction of sp³-hybridized carbons (Fsp3) is 0.286. The van der Waals surface area contributed by atoms with Crippen molar-refractivity contribution in [2.75, 3.05) is 10.6 Å². The lowest BCUT2D eigenvalue weighted by Gasteiger charge is -1.99. The maximum Gasteiger partial charge on any atom is 0.162 e. The molecule has 0 saturated heterocycles. The predicted molar refractivity (Wildman–Crippen MR) is 43.9 cm³/mol. The number of hydrogen-bond donors (Lipinski definition) is 2. The lowest BCUT2D eigenvalue weighted by atomic mass is 10.5. The van der Waals surface area contributed by atoms with Gasteiger partial charge in [0.05, 0.1) is 11.9 Å². The monoisotopic (exact) mass is 164 g/mol.